The second kappa shape index (κ2) is 17.2. The average Bonchev–Trinajstić information content (AvgIpc) is 3.54. The Bertz CT molecular complexity index is 1560. The van der Waals surface area contributed by atoms with E-state index in [1.165, 1.54) is 0 Å². The number of carboxylic acids is 2. The Balaban J connectivity index is 0.000000555. The smallest absolute Gasteiger partial charge is 0.328 e. The number of amides is 1. The fourth-order valence-corrected chi connectivity index (χ4v) is 6.06. The van der Waals surface area contributed by atoms with Crippen LogP contribution in [0.25, 0.3) is 0 Å². The number of likely N-dealkylation sites (N-methyl/N-ethyl adjacent to an activating group) is 1. The van der Waals surface area contributed by atoms with Gasteiger partial charge >= 0.3 is 11.9 Å². The van der Waals surface area contributed by atoms with Gasteiger partial charge in [0.1, 0.15) is 22.5 Å². The minimum Gasteiger partial charge on any atom is -0.497 e. The first-order chi connectivity index (χ1) is 22.7. The Kier molecular flexibility index (Phi) is 12.8. The molecule has 47 heavy (non-hydrogen) atoms. The first-order valence-corrected chi connectivity index (χ1v) is 15.7. The van der Waals surface area contributed by atoms with Crippen molar-refractivity contribution in [2.45, 2.75) is 23.0 Å². The van der Waals surface area contributed by atoms with Crippen LogP contribution in [-0.4, -0.2) is 87.3 Å². The number of hydrogen-bond donors (Lipinski definition) is 2. The van der Waals surface area contributed by atoms with Crippen molar-refractivity contribution in [3.8, 4) is 28.7 Å². The van der Waals surface area contributed by atoms with Crippen molar-refractivity contribution in [3.05, 3.63) is 78.4 Å². The van der Waals surface area contributed by atoms with Crippen molar-refractivity contribution in [3.63, 3.8) is 0 Å². The summed E-state index contributed by atoms with van der Waals surface area (Å²) in [6.07, 6.45) is 2.88. The lowest BCUT2D eigenvalue weighted by molar-refractivity contribution is -0.134. The monoisotopic (exact) mass is 666 g/mol. The third-order valence-electron chi connectivity index (χ3n) is 7.13. The van der Waals surface area contributed by atoms with Crippen LogP contribution in [0, 0.1) is 0 Å². The fraction of sp³-hybridized carbons (Fsp3) is 0.324. The van der Waals surface area contributed by atoms with Crippen LogP contribution in [0.3, 0.4) is 0 Å². The highest BCUT2D eigenvalue weighted by molar-refractivity contribution is 8.00. The molecule has 1 atom stereocenters. The number of thioether (sulfide) groups is 1. The third-order valence-corrected chi connectivity index (χ3v) is 8.42. The second-order valence-electron chi connectivity index (χ2n) is 10.5. The zero-order valence-corrected chi connectivity index (χ0v) is 27.2. The molecule has 1 amide bonds. The molecule has 5 rings (SSSR count). The molecule has 2 N–H and O–H groups in total. The minimum atomic E-state index is -1.26. The minimum absolute atomic E-state index is 0.0273. The van der Waals surface area contributed by atoms with Gasteiger partial charge in [-0.15, -0.1) is 11.8 Å². The van der Waals surface area contributed by atoms with Gasteiger partial charge in [-0.3, -0.25) is 4.79 Å². The molecule has 0 bridgehead atoms. The molecule has 13 heteroatoms. The van der Waals surface area contributed by atoms with Gasteiger partial charge in [0.15, 0.2) is 11.5 Å². The summed E-state index contributed by atoms with van der Waals surface area (Å²) in [5, 5.41) is 15.2. The van der Waals surface area contributed by atoms with Gasteiger partial charge in [0.2, 0.25) is 12.7 Å². The van der Waals surface area contributed by atoms with Crippen molar-refractivity contribution in [2.24, 2.45) is 0 Å². The van der Waals surface area contributed by atoms with Gasteiger partial charge in [-0.2, -0.15) is 0 Å². The molecule has 3 aromatic carbocycles. The SMILES string of the molecule is COc1ccc(OCCCN(C)CCCOc2ccc3c(c2)OCO3)c(C2Sc3ccccc3N(C)C2=O)c1.O=C(O)/C=C/C(=O)O. The predicted molar refractivity (Wildman–Crippen MR) is 176 cm³/mol. The van der Waals surface area contributed by atoms with E-state index in [0.29, 0.717) is 36.9 Å². The summed E-state index contributed by atoms with van der Waals surface area (Å²) in [6, 6.07) is 19.3. The van der Waals surface area contributed by atoms with E-state index in [0.717, 1.165) is 59.3 Å². The number of ether oxygens (including phenoxy) is 5. The topological polar surface area (TPSA) is 144 Å². The number of carbonyl (C=O) groups excluding carboxylic acids is 1. The predicted octanol–water partition coefficient (Wildman–Crippen LogP) is 5.12. The molecular formula is C34H38N2O10S. The maximum absolute atomic E-state index is 13.3. The molecule has 0 fully saturated rings. The summed E-state index contributed by atoms with van der Waals surface area (Å²) in [5.41, 5.74) is 1.76. The lowest BCUT2D eigenvalue weighted by Gasteiger charge is -2.32. The fourth-order valence-electron chi connectivity index (χ4n) is 4.75. The van der Waals surface area contributed by atoms with Gasteiger partial charge in [-0.25, -0.2) is 9.59 Å². The van der Waals surface area contributed by atoms with Crippen molar-refractivity contribution in [2.75, 3.05) is 59.2 Å². The van der Waals surface area contributed by atoms with Crippen LogP contribution >= 0.6 is 11.8 Å². The molecular weight excluding hydrogens is 628 g/mol. The summed E-state index contributed by atoms with van der Waals surface area (Å²) >= 11 is 1.55. The Morgan fingerprint density at radius 2 is 1.60 bits per heavy atom. The van der Waals surface area contributed by atoms with Crippen LogP contribution in [0.5, 0.6) is 28.7 Å². The number of methoxy groups -OCH3 is 1. The normalized spacial score (nSPS) is 14.8. The Morgan fingerprint density at radius 1 is 0.936 bits per heavy atom. The molecule has 1 unspecified atom stereocenters. The number of hydrogen-bond acceptors (Lipinski definition) is 10. The number of nitrogens with zero attached hydrogens (tertiary/aromatic N) is 2. The van der Waals surface area contributed by atoms with E-state index in [4.69, 9.17) is 33.9 Å². The summed E-state index contributed by atoms with van der Waals surface area (Å²) in [4.78, 5) is 37.5. The van der Waals surface area contributed by atoms with Crippen LogP contribution in [0.4, 0.5) is 5.69 Å². The molecule has 0 aliphatic carbocycles. The Hall–Kier alpha value is -4.88. The van der Waals surface area contributed by atoms with Gasteiger partial charge < -0.3 is 43.7 Å². The molecule has 0 aromatic heterocycles. The van der Waals surface area contributed by atoms with Crippen LogP contribution in [0.2, 0.25) is 0 Å². The number of anilines is 1. The van der Waals surface area contributed by atoms with E-state index in [2.05, 4.69) is 11.9 Å². The van der Waals surface area contributed by atoms with E-state index in [1.54, 1.807) is 23.8 Å². The highest BCUT2D eigenvalue weighted by Gasteiger charge is 2.34. The standard InChI is InChI=1S/C30H34N2O6S.C4H4O4/c1-31(14-6-16-35-22-11-13-26-27(19-22)38-20-37-26)15-7-17-36-25-12-10-21(34-3)18-23(25)29-30(33)32(2)24-8-4-5-9-28(24)39-29;5-3(6)1-2-4(7)8/h4-5,8-13,18-19,29H,6-7,14-17,20H2,1-3H3;1-2H,(H,5,6)(H,7,8)/b;2-1+. The van der Waals surface area contributed by atoms with Crippen LogP contribution in [0.1, 0.15) is 23.7 Å². The molecule has 2 heterocycles. The second-order valence-corrected chi connectivity index (χ2v) is 11.6. The van der Waals surface area contributed by atoms with Crippen LogP contribution < -0.4 is 28.6 Å². The first-order valence-electron chi connectivity index (χ1n) is 14.8. The molecule has 3 aromatic rings. The molecule has 0 saturated carbocycles. The van der Waals surface area contributed by atoms with E-state index < -0.39 is 17.2 Å². The maximum Gasteiger partial charge on any atom is 0.328 e. The Labute approximate surface area is 277 Å². The number of benzene rings is 3. The van der Waals surface area contributed by atoms with Crippen LogP contribution in [-0.2, 0) is 14.4 Å². The van der Waals surface area contributed by atoms with E-state index in [9.17, 15) is 14.4 Å². The molecule has 250 valence electrons. The highest BCUT2D eigenvalue weighted by Crippen LogP contribution is 2.48. The summed E-state index contributed by atoms with van der Waals surface area (Å²) in [7, 11) is 5.56. The average molecular weight is 667 g/mol. The number of carbonyl (C=O) groups is 3. The molecule has 0 radical (unpaired) electrons. The van der Waals surface area contributed by atoms with Gasteiger partial charge in [0.05, 0.1) is 26.0 Å². The number of rotatable bonds is 14. The van der Waals surface area contributed by atoms with Gasteiger partial charge in [0.25, 0.3) is 0 Å². The summed E-state index contributed by atoms with van der Waals surface area (Å²) in [6.45, 7) is 3.24. The number of fused-ring (bicyclic) bond motifs is 2. The van der Waals surface area contributed by atoms with Crippen molar-refractivity contribution >= 4 is 35.3 Å². The first kappa shape index (κ1) is 35.0. The van der Waals surface area contributed by atoms with Crippen molar-refractivity contribution < 1.29 is 48.3 Å². The number of carboxylic acid groups (broad SMARTS) is 2. The third kappa shape index (κ3) is 10.1. The largest absolute Gasteiger partial charge is 0.497 e. The zero-order valence-electron chi connectivity index (χ0n) is 26.4. The van der Waals surface area contributed by atoms with Crippen molar-refractivity contribution in [1.82, 2.24) is 4.90 Å². The lowest BCUT2D eigenvalue weighted by Crippen LogP contribution is -2.33. The van der Waals surface area contributed by atoms with Gasteiger partial charge in [0, 0.05) is 48.8 Å². The zero-order chi connectivity index (χ0) is 33.8. The van der Waals surface area contributed by atoms with Gasteiger partial charge in [-0.1, -0.05) is 12.1 Å². The van der Waals surface area contributed by atoms with E-state index in [1.807, 2.05) is 67.7 Å². The van der Waals surface area contributed by atoms with Crippen molar-refractivity contribution in [1.29, 1.82) is 0 Å². The molecule has 0 spiro atoms. The molecule has 2 aliphatic rings. The molecule has 0 saturated heterocycles. The molecule has 12 nitrogen and oxygen atoms in total. The van der Waals surface area contributed by atoms with Crippen LogP contribution in [0.15, 0.2) is 77.7 Å². The Morgan fingerprint density at radius 3 is 2.30 bits per heavy atom. The number of aliphatic carboxylic acids is 2. The highest BCUT2D eigenvalue weighted by atomic mass is 32.2. The van der Waals surface area contributed by atoms with Gasteiger partial charge in [-0.05, 0) is 62.4 Å². The lowest BCUT2D eigenvalue weighted by atomic mass is 10.1. The summed E-state index contributed by atoms with van der Waals surface area (Å²) < 4.78 is 28.3. The summed E-state index contributed by atoms with van der Waals surface area (Å²) in [5.74, 6) is 1.21. The van der Waals surface area contributed by atoms with E-state index in [-0.39, 0.29) is 12.7 Å². The maximum atomic E-state index is 13.3. The number of para-hydroxylation sites is 1. The molecule has 2 aliphatic heterocycles. The van der Waals surface area contributed by atoms with E-state index >= 15 is 0 Å². The quantitative estimate of drug-likeness (QED) is 0.174.